The van der Waals surface area contributed by atoms with Crippen LogP contribution in [0.4, 0.5) is 0 Å². The predicted molar refractivity (Wildman–Crippen MR) is 152 cm³/mol. The van der Waals surface area contributed by atoms with Gasteiger partial charge in [-0.3, -0.25) is 9.59 Å². The minimum atomic E-state index is -0.307. The van der Waals surface area contributed by atoms with Crippen molar-refractivity contribution < 1.29 is 14.3 Å². The number of carbonyl (C=O) groups is 1. The van der Waals surface area contributed by atoms with Gasteiger partial charge in [-0.25, -0.2) is 0 Å². The van der Waals surface area contributed by atoms with Crippen LogP contribution in [0.15, 0.2) is 58.1 Å². The molecule has 39 heavy (non-hydrogen) atoms. The zero-order chi connectivity index (χ0) is 27.1. The van der Waals surface area contributed by atoms with Crippen molar-refractivity contribution in [3.05, 3.63) is 91.5 Å². The van der Waals surface area contributed by atoms with Crippen LogP contribution in [-0.2, 0) is 27.4 Å². The number of carbonyl (C=O) groups excluding carboxylic acids is 1. The molecule has 2 saturated carbocycles. The van der Waals surface area contributed by atoms with Crippen molar-refractivity contribution in [1.29, 1.82) is 0 Å². The summed E-state index contributed by atoms with van der Waals surface area (Å²) in [7, 11) is 0. The van der Waals surface area contributed by atoms with Gasteiger partial charge in [0.1, 0.15) is 6.29 Å². The Balaban J connectivity index is 0.000000144. The molecule has 3 aliphatic rings. The first kappa shape index (κ1) is 25.7. The van der Waals surface area contributed by atoms with Gasteiger partial charge in [0.15, 0.2) is 6.29 Å². The number of hydrogen-bond donors (Lipinski definition) is 0. The van der Waals surface area contributed by atoms with Crippen molar-refractivity contribution in [2.75, 3.05) is 13.2 Å². The number of rotatable bonds is 6. The van der Waals surface area contributed by atoms with E-state index in [2.05, 4.69) is 36.4 Å². The molecule has 0 spiro atoms. The number of ether oxygens (including phenoxy) is 2. The third-order valence-corrected chi connectivity index (χ3v) is 8.06. The van der Waals surface area contributed by atoms with Gasteiger partial charge in [0, 0.05) is 22.9 Å². The van der Waals surface area contributed by atoms with Crippen molar-refractivity contribution >= 4 is 28.1 Å². The summed E-state index contributed by atoms with van der Waals surface area (Å²) in [6.07, 6.45) is 5.45. The summed E-state index contributed by atoms with van der Waals surface area (Å²) in [5.41, 5.74) is 6.44. The normalized spacial score (nSPS) is 17.4. The zero-order valence-electron chi connectivity index (χ0n) is 22.5. The topological polar surface area (TPSA) is 79.5 Å². The van der Waals surface area contributed by atoms with Crippen LogP contribution in [0.25, 0.3) is 21.8 Å². The molecule has 7 heteroatoms. The van der Waals surface area contributed by atoms with E-state index >= 15 is 0 Å². The zero-order valence-corrected chi connectivity index (χ0v) is 22.5. The SMILES string of the molecule is Cc1cc(=O)n(CC2OCCO2)c2cc(C3CC3)ccc12.Cc1cc(=O)n(CC=O)c2cc(C3CC3)ccc12. The van der Waals surface area contributed by atoms with E-state index in [0.29, 0.717) is 31.6 Å². The average Bonchev–Trinajstić information content (AvgIpc) is 3.87. The molecule has 3 heterocycles. The number of benzene rings is 2. The number of aldehydes is 1. The summed E-state index contributed by atoms with van der Waals surface area (Å²) in [5.74, 6) is 1.33. The van der Waals surface area contributed by atoms with Gasteiger partial charge in [-0.2, -0.15) is 0 Å². The van der Waals surface area contributed by atoms with Crippen LogP contribution < -0.4 is 11.1 Å². The van der Waals surface area contributed by atoms with Crippen LogP contribution in [0.2, 0.25) is 0 Å². The molecule has 7 rings (SSSR count). The molecule has 0 bridgehead atoms. The molecule has 2 aliphatic carbocycles. The lowest BCUT2D eigenvalue weighted by Crippen LogP contribution is -2.27. The Morgan fingerprint density at radius 3 is 1.72 bits per heavy atom. The van der Waals surface area contributed by atoms with E-state index in [1.54, 1.807) is 21.3 Å². The van der Waals surface area contributed by atoms with E-state index < -0.39 is 0 Å². The number of hydrogen-bond acceptors (Lipinski definition) is 5. The fourth-order valence-corrected chi connectivity index (χ4v) is 5.58. The van der Waals surface area contributed by atoms with E-state index in [0.717, 1.165) is 39.2 Å². The monoisotopic (exact) mass is 526 g/mol. The van der Waals surface area contributed by atoms with Gasteiger partial charge in [-0.15, -0.1) is 0 Å². The molecule has 2 aromatic carbocycles. The van der Waals surface area contributed by atoms with E-state index in [-0.39, 0.29) is 24.0 Å². The molecular formula is C32H34N2O5. The quantitative estimate of drug-likeness (QED) is 0.332. The highest BCUT2D eigenvalue weighted by Crippen LogP contribution is 2.41. The average molecular weight is 527 g/mol. The van der Waals surface area contributed by atoms with Crippen molar-refractivity contribution in [2.45, 2.75) is 70.7 Å². The molecule has 0 amide bonds. The van der Waals surface area contributed by atoms with Crippen molar-refractivity contribution in [3.8, 4) is 0 Å². The first-order valence-corrected chi connectivity index (χ1v) is 13.9. The maximum absolute atomic E-state index is 12.4. The van der Waals surface area contributed by atoms with E-state index in [4.69, 9.17) is 9.47 Å². The lowest BCUT2D eigenvalue weighted by atomic mass is 10.0. The Bertz CT molecular complexity index is 1670. The number of pyridine rings is 2. The molecule has 0 radical (unpaired) electrons. The lowest BCUT2D eigenvalue weighted by Gasteiger charge is -2.16. The maximum Gasteiger partial charge on any atom is 0.251 e. The highest BCUT2D eigenvalue weighted by molar-refractivity contribution is 5.84. The Hall–Kier alpha value is -3.55. The number of aromatic nitrogens is 2. The van der Waals surface area contributed by atoms with Crippen LogP contribution >= 0.6 is 0 Å². The molecular weight excluding hydrogens is 492 g/mol. The van der Waals surface area contributed by atoms with Crippen LogP contribution in [0.5, 0.6) is 0 Å². The third-order valence-electron chi connectivity index (χ3n) is 8.06. The minimum absolute atomic E-state index is 0.0204. The molecule has 202 valence electrons. The van der Waals surface area contributed by atoms with E-state index in [1.165, 1.54) is 36.8 Å². The van der Waals surface area contributed by atoms with Gasteiger partial charge >= 0.3 is 0 Å². The van der Waals surface area contributed by atoms with Gasteiger partial charge < -0.3 is 23.4 Å². The summed E-state index contributed by atoms with van der Waals surface area (Å²) in [6, 6.07) is 16.1. The van der Waals surface area contributed by atoms with Gasteiger partial charge in [0.25, 0.3) is 11.1 Å². The van der Waals surface area contributed by atoms with E-state index in [1.807, 2.05) is 13.8 Å². The lowest BCUT2D eigenvalue weighted by molar-refractivity contribution is -0.108. The molecule has 4 aromatic rings. The Morgan fingerprint density at radius 1 is 0.744 bits per heavy atom. The molecule has 2 aromatic heterocycles. The number of nitrogens with zero attached hydrogens (tertiary/aromatic N) is 2. The van der Waals surface area contributed by atoms with Gasteiger partial charge in [0.2, 0.25) is 0 Å². The molecule has 7 nitrogen and oxygen atoms in total. The fraction of sp³-hybridized carbons (Fsp3) is 0.406. The molecule has 0 N–H and O–H groups in total. The molecule has 3 fully saturated rings. The largest absolute Gasteiger partial charge is 0.348 e. The summed E-state index contributed by atoms with van der Waals surface area (Å²) >= 11 is 0. The minimum Gasteiger partial charge on any atom is -0.348 e. The highest BCUT2D eigenvalue weighted by atomic mass is 16.7. The summed E-state index contributed by atoms with van der Waals surface area (Å²) in [6.45, 7) is 5.74. The maximum atomic E-state index is 12.4. The second kappa shape index (κ2) is 10.5. The molecule has 1 saturated heterocycles. The number of aryl methyl sites for hydroxylation is 2. The fourth-order valence-electron chi connectivity index (χ4n) is 5.58. The summed E-state index contributed by atoms with van der Waals surface area (Å²) in [5, 5.41) is 2.19. The van der Waals surface area contributed by atoms with Gasteiger partial charge in [0.05, 0.1) is 37.3 Å². The van der Waals surface area contributed by atoms with E-state index in [9.17, 15) is 14.4 Å². The molecule has 0 atom stereocenters. The van der Waals surface area contributed by atoms with Crippen LogP contribution in [0.1, 0.15) is 59.8 Å². The number of fused-ring (bicyclic) bond motifs is 2. The van der Waals surface area contributed by atoms with Crippen molar-refractivity contribution in [2.24, 2.45) is 0 Å². The second-order valence-electron chi connectivity index (χ2n) is 11.0. The molecule has 0 unspecified atom stereocenters. The predicted octanol–water partition coefficient (Wildman–Crippen LogP) is 4.95. The molecule has 1 aliphatic heterocycles. The van der Waals surface area contributed by atoms with Crippen LogP contribution in [-0.4, -0.2) is 34.9 Å². The Labute approximate surface area is 227 Å². The summed E-state index contributed by atoms with van der Waals surface area (Å²) in [4.78, 5) is 35.1. The summed E-state index contributed by atoms with van der Waals surface area (Å²) < 4.78 is 14.4. The Kier molecular flexibility index (Phi) is 6.95. The third kappa shape index (κ3) is 5.34. The highest BCUT2D eigenvalue weighted by Gasteiger charge is 2.25. The Morgan fingerprint density at radius 2 is 1.23 bits per heavy atom. The van der Waals surface area contributed by atoms with Crippen molar-refractivity contribution in [3.63, 3.8) is 0 Å². The van der Waals surface area contributed by atoms with Gasteiger partial charge in [-0.1, -0.05) is 24.3 Å². The smallest absolute Gasteiger partial charge is 0.251 e. The van der Waals surface area contributed by atoms with Crippen LogP contribution in [0.3, 0.4) is 0 Å². The van der Waals surface area contributed by atoms with Crippen LogP contribution in [0, 0.1) is 13.8 Å². The first-order valence-electron chi connectivity index (χ1n) is 13.9. The van der Waals surface area contributed by atoms with Crippen molar-refractivity contribution in [1.82, 2.24) is 9.13 Å². The van der Waals surface area contributed by atoms with Gasteiger partial charge in [-0.05, 0) is 85.8 Å². The first-order chi connectivity index (χ1) is 18.9. The second-order valence-corrected chi connectivity index (χ2v) is 11.0. The standard InChI is InChI=1S/C17H19NO3.C15H15NO2/c1-11-8-16(19)18(10-17-20-6-7-21-17)15-9-13(12-2-3-12)4-5-14(11)15;1-10-8-15(18)16(6-7-17)14-9-12(11-2-3-11)4-5-13(10)14/h4-5,8-9,12,17H,2-3,6-7,10H2,1H3;4-5,7-9,11H,2-3,6H2,1H3.